The van der Waals surface area contributed by atoms with Crippen LogP contribution in [-0.2, 0) is 39.5 Å². The first-order valence-corrected chi connectivity index (χ1v) is 36.4. The predicted octanol–water partition coefficient (Wildman–Crippen LogP) is -0.668. The summed E-state index contributed by atoms with van der Waals surface area (Å²) in [5.74, 6) is 0. The van der Waals surface area contributed by atoms with E-state index < -0.39 is 79.2 Å². The Morgan fingerprint density at radius 3 is 1.55 bits per heavy atom. The third-order valence-corrected chi connectivity index (χ3v) is 70.7. The second kappa shape index (κ2) is 14.3. The van der Waals surface area contributed by atoms with Gasteiger partial charge < -0.3 is 50.9 Å². The van der Waals surface area contributed by atoms with Crippen LogP contribution in [0, 0.1) is 0 Å². The quantitative estimate of drug-likeness (QED) is 0.194. The Hall–Kier alpha value is 0.449. The summed E-state index contributed by atoms with van der Waals surface area (Å²) in [6.45, 7) is 11.5. The first-order chi connectivity index (χ1) is 14.9. The maximum atomic E-state index is 12.7. The molecule has 0 aromatic heterocycles. The molecule has 0 fully saturated rings. The van der Waals surface area contributed by atoms with Crippen LogP contribution in [0.5, 0.6) is 0 Å². The minimum Gasteiger partial charge on any atom is -0.558 e. The number of nitrogens with two attached hydrogens (primary N) is 2. The fourth-order valence-corrected chi connectivity index (χ4v) is 91.6. The Balaban J connectivity index is 5.26. The maximum Gasteiger partial charge on any atom is 0.533 e. The van der Waals surface area contributed by atoms with Gasteiger partial charge in [0.15, 0.2) is 8.32 Å². The normalized spacial score (nSPS) is 12.1. The summed E-state index contributed by atoms with van der Waals surface area (Å²) in [5.41, 5.74) is 11.0. The van der Waals surface area contributed by atoms with E-state index >= 15 is 0 Å². The smallest absolute Gasteiger partial charge is 0.533 e. The molecule has 21 heteroatoms. The van der Waals surface area contributed by atoms with Crippen LogP contribution in [0.15, 0.2) is 0 Å². The van der Waals surface area contributed by atoms with Crippen LogP contribution >= 0.6 is 0 Å². The molecule has 0 rings (SSSR count). The first-order valence-electron chi connectivity index (χ1n) is 10.5. The molecular weight excluding hydrogens is 597 g/mol. The Kier molecular flexibility index (Phi) is 14.4. The standard InChI is InChI=1S/C12H34N2O9Si10/c1-31(2,11-7-9-13)23-33(5,6)22-24(15)25(16)26(17)27(18)28(19)29(20)30(21)32(3,4)12-8-10-14/h7-14H2,1-6H3. The van der Waals surface area contributed by atoms with Gasteiger partial charge in [0.25, 0.3) is 0 Å². The molecule has 0 atom stereocenters. The van der Waals surface area contributed by atoms with E-state index in [0.29, 0.717) is 25.6 Å². The molecule has 0 spiro atoms. The Bertz CT molecular complexity index is 848. The minimum atomic E-state index is -3.57. The van der Waals surface area contributed by atoms with Gasteiger partial charge in [-0.05, 0) is 58.2 Å². The molecule has 0 amide bonds. The van der Waals surface area contributed by atoms with Crippen molar-refractivity contribution in [2.45, 2.75) is 64.2 Å². The molecule has 33 heavy (non-hydrogen) atoms. The van der Waals surface area contributed by atoms with Crippen molar-refractivity contribution in [3.8, 4) is 0 Å². The molecule has 0 aliphatic rings. The number of hydrogen-bond acceptors (Lipinski definition) is 11. The lowest BCUT2D eigenvalue weighted by Crippen LogP contribution is -2.56. The van der Waals surface area contributed by atoms with Crippen molar-refractivity contribution in [3.63, 3.8) is 0 Å². The molecule has 0 bridgehead atoms. The van der Waals surface area contributed by atoms with Crippen molar-refractivity contribution in [2.75, 3.05) is 13.1 Å². The molecule has 0 radical (unpaired) electrons. The topological polar surface area (TPSA) is 190 Å². The molecule has 0 saturated carbocycles. The monoisotopic (exact) mass is 630 g/mol. The van der Waals surface area contributed by atoms with E-state index in [1.165, 1.54) is 0 Å². The van der Waals surface area contributed by atoms with E-state index in [0.717, 1.165) is 12.5 Å². The SMILES string of the molecule is C[Si](C)(CCCN)O[Si](C)(C)O[Si](=O)[Si](=O)[Si](=O)[Si](=O)[Si](=O)[Si](=O)[Si](=O)[Si](C)(C)CCCN. The summed E-state index contributed by atoms with van der Waals surface area (Å²) in [6.07, 6.45) is 1.34. The van der Waals surface area contributed by atoms with Crippen LogP contribution in [0.1, 0.15) is 12.8 Å². The lowest BCUT2D eigenvalue weighted by molar-refractivity contribution is 0.374. The molecule has 0 heterocycles. The Labute approximate surface area is 206 Å². The van der Waals surface area contributed by atoms with Crippen LogP contribution in [0.2, 0.25) is 51.4 Å². The third kappa shape index (κ3) is 11.4. The van der Waals surface area contributed by atoms with Crippen molar-refractivity contribution in [3.05, 3.63) is 0 Å². The van der Waals surface area contributed by atoms with Gasteiger partial charge in [0.1, 0.15) is 7.59 Å². The molecule has 0 aromatic carbocycles. The van der Waals surface area contributed by atoms with Crippen LogP contribution in [0.3, 0.4) is 0 Å². The second-order valence-corrected chi connectivity index (χ2v) is 57.2. The molecule has 0 saturated heterocycles. The third-order valence-electron chi connectivity index (χ3n) is 4.68. The average Bonchev–Trinajstić information content (AvgIpc) is 2.71. The first kappa shape index (κ1) is 33.4. The van der Waals surface area contributed by atoms with Gasteiger partial charge >= 0.3 is 63.3 Å². The van der Waals surface area contributed by atoms with Gasteiger partial charge in [-0.1, -0.05) is 19.1 Å². The van der Waals surface area contributed by atoms with Crippen LogP contribution < -0.4 is 11.5 Å². The van der Waals surface area contributed by atoms with Gasteiger partial charge in [-0.15, -0.1) is 0 Å². The lowest BCUT2D eigenvalue weighted by atomic mass is 10.5. The van der Waals surface area contributed by atoms with E-state index in [-0.39, 0.29) is 0 Å². The zero-order chi connectivity index (χ0) is 26.2. The van der Waals surface area contributed by atoms with Crippen LogP contribution in [0.25, 0.3) is 0 Å². The summed E-state index contributed by atoms with van der Waals surface area (Å²) < 4.78 is 99.7. The Morgan fingerprint density at radius 1 is 0.636 bits per heavy atom. The van der Waals surface area contributed by atoms with Gasteiger partial charge in [-0.3, -0.25) is 0 Å². The van der Waals surface area contributed by atoms with Crippen molar-refractivity contribution in [2.24, 2.45) is 11.5 Å². The maximum absolute atomic E-state index is 12.7. The van der Waals surface area contributed by atoms with Gasteiger partial charge in [-0.2, -0.15) is 0 Å². The zero-order valence-corrected chi connectivity index (χ0v) is 30.1. The summed E-state index contributed by atoms with van der Waals surface area (Å²) in [7, 11) is -31.2. The van der Waals surface area contributed by atoms with Crippen LogP contribution in [-0.4, -0.2) is 92.3 Å². The largest absolute Gasteiger partial charge is 0.558 e. The highest BCUT2D eigenvalue weighted by Crippen LogP contribution is 2.20. The van der Waals surface area contributed by atoms with E-state index in [9.17, 15) is 31.2 Å². The molecule has 4 N–H and O–H groups in total. The van der Waals surface area contributed by atoms with Gasteiger partial charge in [0.2, 0.25) is 0 Å². The fourth-order valence-electron chi connectivity index (χ4n) is 3.00. The molecule has 0 aliphatic heterocycles. The number of rotatable bonds is 17. The van der Waals surface area contributed by atoms with Gasteiger partial charge in [0, 0.05) is 0 Å². The van der Waals surface area contributed by atoms with Gasteiger partial charge in [-0.25, -0.2) is 0 Å². The van der Waals surface area contributed by atoms with Crippen molar-refractivity contribution >= 4 is 79.2 Å². The molecule has 186 valence electrons. The highest BCUT2D eigenvalue weighted by atomic mass is 30.0. The van der Waals surface area contributed by atoms with Crippen molar-refractivity contribution in [1.82, 2.24) is 0 Å². The fraction of sp³-hybridized carbons (Fsp3) is 1.00. The van der Waals surface area contributed by atoms with E-state index in [1.807, 2.05) is 13.1 Å². The predicted molar refractivity (Wildman–Crippen MR) is 137 cm³/mol. The van der Waals surface area contributed by atoms with Crippen molar-refractivity contribution in [1.29, 1.82) is 0 Å². The zero-order valence-electron chi connectivity index (χ0n) is 20.1. The van der Waals surface area contributed by atoms with Gasteiger partial charge in [0.05, 0.1) is 0 Å². The average molecular weight is 631 g/mol. The molecular formula is C12H34N2O9Si10. The number of hydrogen-bond donors (Lipinski definition) is 2. The second-order valence-electron chi connectivity index (χ2n) is 9.29. The summed E-state index contributed by atoms with van der Waals surface area (Å²) in [5, 5.41) is 0. The van der Waals surface area contributed by atoms with E-state index in [4.69, 9.17) is 19.7 Å². The van der Waals surface area contributed by atoms with Crippen LogP contribution in [0.4, 0.5) is 0 Å². The summed E-state index contributed by atoms with van der Waals surface area (Å²) in [4.78, 5) is 0. The summed E-state index contributed by atoms with van der Waals surface area (Å²) >= 11 is 0. The molecule has 0 aliphatic carbocycles. The lowest BCUT2D eigenvalue weighted by Gasteiger charge is -2.33. The minimum absolute atomic E-state index is 0.373. The van der Waals surface area contributed by atoms with Crippen molar-refractivity contribution < 1.29 is 39.5 Å². The molecule has 0 aromatic rings. The Morgan fingerprint density at radius 2 is 1.06 bits per heavy atom. The highest BCUT2D eigenvalue weighted by Gasteiger charge is 2.52. The summed E-state index contributed by atoms with van der Waals surface area (Å²) in [6, 6.07) is 1.27. The highest BCUT2D eigenvalue weighted by molar-refractivity contribution is 7.74. The van der Waals surface area contributed by atoms with E-state index in [2.05, 4.69) is 0 Å². The van der Waals surface area contributed by atoms with E-state index in [1.54, 1.807) is 26.2 Å². The molecule has 0 unspecified atom stereocenters. The molecule has 11 nitrogen and oxygen atoms in total.